The molecule has 0 saturated carbocycles. The van der Waals surface area contributed by atoms with E-state index in [4.69, 9.17) is 16.3 Å². The van der Waals surface area contributed by atoms with Gasteiger partial charge in [0.15, 0.2) is 0 Å². The molecule has 43 heavy (non-hydrogen) atoms. The summed E-state index contributed by atoms with van der Waals surface area (Å²) in [5.74, 6) is -0.415. The molecule has 0 aliphatic carbocycles. The standard InChI is InChI=1S/C33H34ClN3O5S/c1-3-35-33(39)31(22-25-12-6-4-7-13-25)36(23-26-14-10-11-17-30(26)34)32(38)24-37(27-15-8-5-9-16-27)43(40,41)29-20-18-28(42-2)19-21-29/h4-21,31H,3,22-24H2,1-2H3,(H,35,39)/t31-/m0/s1. The van der Waals surface area contributed by atoms with Crippen LogP contribution in [0.4, 0.5) is 5.69 Å². The van der Waals surface area contributed by atoms with E-state index in [1.807, 2.05) is 30.3 Å². The van der Waals surface area contributed by atoms with Crippen LogP contribution in [-0.4, -0.2) is 51.4 Å². The van der Waals surface area contributed by atoms with Gasteiger partial charge in [0, 0.05) is 24.5 Å². The number of benzene rings is 4. The number of carbonyl (C=O) groups excluding carboxylic acids is 2. The molecule has 2 amide bonds. The third-order valence-electron chi connectivity index (χ3n) is 6.89. The molecular formula is C33H34ClN3O5S. The Bertz CT molecular complexity index is 1620. The number of hydrogen-bond acceptors (Lipinski definition) is 5. The number of hydrogen-bond donors (Lipinski definition) is 1. The summed E-state index contributed by atoms with van der Waals surface area (Å²) in [6.07, 6.45) is 0.222. The summed E-state index contributed by atoms with van der Waals surface area (Å²) in [6.45, 7) is 1.61. The molecule has 1 atom stereocenters. The maximum Gasteiger partial charge on any atom is 0.264 e. The van der Waals surface area contributed by atoms with Crippen molar-refractivity contribution < 1.29 is 22.7 Å². The minimum absolute atomic E-state index is 0.00163. The highest BCUT2D eigenvalue weighted by atomic mass is 35.5. The number of rotatable bonds is 13. The number of nitrogens with one attached hydrogen (secondary N) is 1. The lowest BCUT2D eigenvalue weighted by Crippen LogP contribution is -2.53. The van der Waals surface area contributed by atoms with Gasteiger partial charge in [0.05, 0.1) is 17.7 Å². The van der Waals surface area contributed by atoms with E-state index in [-0.39, 0.29) is 23.8 Å². The average Bonchev–Trinajstić information content (AvgIpc) is 3.03. The molecule has 224 valence electrons. The lowest BCUT2D eigenvalue weighted by Gasteiger charge is -2.34. The van der Waals surface area contributed by atoms with Crippen molar-refractivity contribution in [1.29, 1.82) is 0 Å². The monoisotopic (exact) mass is 619 g/mol. The van der Waals surface area contributed by atoms with Gasteiger partial charge in [-0.3, -0.25) is 13.9 Å². The van der Waals surface area contributed by atoms with Gasteiger partial charge in [-0.2, -0.15) is 0 Å². The lowest BCUT2D eigenvalue weighted by atomic mass is 10.0. The third-order valence-corrected chi connectivity index (χ3v) is 9.05. The van der Waals surface area contributed by atoms with Gasteiger partial charge in [0.2, 0.25) is 11.8 Å². The van der Waals surface area contributed by atoms with Crippen LogP contribution in [0.3, 0.4) is 0 Å². The molecule has 0 saturated heterocycles. The highest BCUT2D eigenvalue weighted by molar-refractivity contribution is 7.92. The first-order valence-corrected chi connectivity index (χ1v) is 15.6. The normalized spacial score (nSPS) is 11.8. The van der Waals surface area contributed by atoms with E-state index < -0.39 is 28.5 Å². The van der Waals surface area contributed by atoms with Crippen molar-refractivity contribution in [3.05, 3.63) is 125 Å². The smallest absolute Gasteiger partial charge is 0.264 e. The largest absolute Gasteiger partial charge is 0.497 e. The molecule has 0 heterocycles. The van der Waals surface area contributed by atoms with E-state index in [2.05, 4.69) is 5.32 Å². The molecule has 0 fully saturated rings. The van der Waals surface area contributed by atoms with Gasteiger partial charge in [0.1, 0.15) is 18.3 Å². The van der Waals surface area contributed by atoms with Gasteiger partial charge >= 0.3 is 0 Å². The van der Waals surface area contributed by atoms with Crippen molar-refractivity contribution >= 4 is 39.1 Å². The second kappa shape index (κ2) is 14.7. The number of likely N-dealkylation sites (N-methyl/N-ethyl adjacent to an activating group) is 1. The van der Waals surface area contributed by atoms with Crippen LogP contribution in [0.5, 0.6) is 5.75 Å². The minimum Gasteiger partial charge on any atom is -0.497 e. The number of anilines is 1. The van der Waals surface area contributed by atoms with E-state index in [1.165, 1.54) is 24.1 Å². The topological polar surface area (TPSA) is 96.0 Å². The van der Waals surface area contributed by atoms with Crippen LogP contribution in [-0.2, 0) is 32.6 Å². The van der Waals surface area contributed by atoms with Gasteiger partial charge in [-0.05, 0) is 60.5 Å². The van der Waals surface area contributed by atoms with Crippen molar-refractivity contribution in [1.82, 2.24) is 10.2 Å². The highest BCUT2D eigenvalue weighted by Crippen LogP contribution is 2.27. The van der Waals surface area contributed by atoms with Crippen molar-refractivity contribution in [2.24, 2.45) is 0 Å². The predicted octanol–water partition coefficient (Wildman–Crippen LogP) is 5.32. The van der Waals surface area contributed by atoms with Crippen LogP contribution < -0.4 is 14.4 Å². The number of methoxy groups -OCH3 is 1. The fourth-order valence-electron chi connectivity index (χ4n) is 4.65. The zero-order valence-corrected chi connectivity index (χ0v) is 25.6. The van der Waals surface area contributed by atoms with E-state index in [1.54, 1.807) is 73.7 Å². The summed E-state index contributed by atoms with van der Waals surface area (Å²) in [4.78, 5) is 29.3. The van der Waals surface area contributed by atoms with Crippen molar-refractivity contribution in [3.63, 3.8) is 0 Å². The Morgan fingerprint density at radius 1 is 0.860 bits per heavy atom. The van der Waals surface area contributed by atoms with Crippen molar-refractivity contribution in [3.8, 4) is 5.75 Å². The van der Waals surface area contributed by atoms with Gasteiger partial charge in [-0.1, -0.05) is 78.3 Å². The molecule has 0 aliphatic heterocycles. The summed E-state index contributed by atoms with van der Waals surface area (Å²) in [5, 5.41) is 3.27. The SMILES string of the molecule is CCNC(=O)[C@H](Cc1ccccc1)N(Cc1ccccc1Cl)C(=O)CN(c1ccccc1)S(=O)(=O)c1ccc(OC)cc1. The molecular weight excluding hydrogens is 586 g/mol. The van der Waals surface area contributed by atoms with E-state index >= 15 is 0 Å². The Labute approximate surface area is 257 Å². The average molecular weight is 620 g/mol. The number of sulfonamides is 1. The van der Waals surface area contributed by atoms with E-state index in [0.717, 1.165) is 9.87 Å². The fourth-order valence-corrected chi connectivity index (χ4v) is 6.26. The van der Waals surface area contributed by atoms with Crippen LogP contribution in [0.1, 0.15) is 18.1 Å². The Morgan fingerprint density at radius 3 is 2.07 bits per heavy atom. The number of carbonyl (C=O) groups is 2. The third kappa shape index (κ3) is 7.94. The van der Waals surface area contributed by atoms with E-state index in [9.17, 15) is 18.0 Å². The predicted molar refractivity (Wildman–Crippen MR) is 169 cm³/mol. The number of ether oxygens (including phenoxy) is 1. The maximum atomic E-state index is 14.3. The maximum absolute atomic E-state index is 14.3. The summed E-state index contributed by atoms with van der Waals surface area (Å²) >= 11 is 6.50. The Morgan fingerprint density at radius 2 is 1.47 bits per heavy atom. The van der Waals surface area contributed by atoms with Gasteiger partial charge in [-0.25, -0.2) is 8.42 Å². The second-order valence-electron chi connectivity index (χ2n) is 9.74. The van der Waals surface area contributed by atoms with Crippen LogP contribution in [0, 0.1) is 0 Å². The first-order valence-electron chi connectivity index (χ1n) is 13.8. The molecule has 0 radical (unpaired) electrons. The summed E-state index contributed by atoms with van der Waals surface area (Å²) in [5.41, 5.74) is 1.78. The Hall–Kier alpha value is -4.34. The Kier molecular flexibility index (Phi) is 10.8. The zero-order chi connectivity index (χ0) is 30.8. The van der Waals surface area contributed by atoms with E-state index in [0.29, 0.717) is 28.6 Å². The molecule has 4 aromatic carbocycles. The van der Waals surface area contributed by atoms with Gasteiger partial charge < -0.3 is 15.0 Å². The van der Waals surface area contributed by atoms with Gasteiger partial charge in [0.25, 0.3) is 10.0 Å². The first kappa shape index (κ1) is 31.6. The van der Waals surface area contributed by atoms with Crippen LogP contribution >= 0.6 is 11.6 Å². The molecule has 8 nitrogen and oxygen atoms in total. The van der Waals surface area contributed by atoms with Crippen LogP contribution in [0.25, 0.3) is 0 Å². The van der Waals surface area contributed by atoms with Crippen LogP contribution in [0.2, 0.25) is 5.02 Å². The highest BCUT2D eigenvalue weighted by Gasteiger charge is 2.34. The minimum atomic E-state index is -4.20. The first-order chi connectivity index (χ1) is 20.7. The zero-order valence-electron chi connectivity index (χ0n) is 24.0. The molecule has 0 spiro atoms. The number of halogens is 1. The van der Waals surface area contributed by atoms with Gasteiger partial charge in [-0.15, -0.1) is 0 Å². The molecule has 4 rings (SSSR count). The van der Waals surface area contributed by atoms with Crippen molar-refractivity contribution in [2.75, 3.05) is 24.5 Å². The number of para-hydroxylation sites is 1. The Balaban J connectivity index is 1.78. The molecule has 0 bridgehead atoms. The fraction of sp³-hybridized carbons (Fsp3) is 0.212. The summed E-state index contributed by atoms with van der Waals surface area (Å²) in [6, 6.07) is 29.9. The quantitative estimate of drug-likeness (QED) is 0.219. The lowest BCUT2D eigenvalue weighted by molar-refractivity contribution is -0.140. The summed E-state index contributed by atoms with van der Waals surface area (Å²) < 4.78 is 34.3. The number of nitrogens with zero attached hydrogens (tertiary/aromatic N) is 2. The molecule has 4 aromatic rings. The molecule has 10 heteroatoms. The molecule has 0 aliphatic rings. The second-order valence-corrected chi connectivity index (χ2v) is 12.0. The molecule has 0 unspecified atom stereocenters. The van der Waals surface area contributed by atoms with Crippen LogP contribution in [0.15, 0.2) is 114 Å². The summed E-state index contributed by atoms with van der Waals surface area (Å²) in [7, 11) is -2.71. The molecule has 1 N–H and O–H groups in total. The van der Waals surface area contributed by atoms with Crippen molar-refractivity contribution in [2.45, 2.75) is 30.8 Å². The molecule has 0 aromatic heterocycles. The number of amides is 2.